The van der Waals surface area contributed by atoms with Crippen LogP contribution in [0.1, 0.15) is 39.2 Å². The molecule has 23 heavy (non-hydrogen) atoms. The van der Waals surface area contributed by atoms with E-state index in [9.17, 15) is 4.79 Å². The molecule has 1 amide bonds. The number of hydrogen-bond donors (Lipinski definition) is 1. The van der Waals surface area contributed by atoms with Crippen LogP contribution in [-0.4, -0.2) is 43.4 Å². The number of ether oxygens (including phenoxy) is 3. The van der Waals surface area contributed by atoms with Crippen LogP contribution >= 0.6 is 0 Å². The molecule has 0 aromatic carbocycles. The van der Waals surface area contributed by atoms with E-state index in [0.717, 1.165) is 12.0 Å². The molecule has 0 aliphatic heterocycles. The van der Waals surface area contributed by atoms with Crippen molar-refractivity contribution >= 4 is 11.6 Å². The van der Waals surface area contributed by atoms with Gasteiger partial charge in [0, 0.05) is 19.3 Å². The first-order valence-electron chi connectivity index (χ1n) is 8.00. The SMILES string of the molecule is CCC[C@](C)(OCC)C(=O)Nc1cnc(OCCOC)c(C)c1. The van der Waals surface area contributed by atoms with Gasteiger partial charge in [0.05, 0.1) is 18.5 Å². The third-order valence-electron chi connectivity index (χ3n) is 3.48. The summed E-state index contributed by atoms with van der Waals surface area (Å²) in [7, 11) is 1.62. The van der Waals surface area contributed by atoms with Gasteiger partial charge in [-0.2, -0.15) is 0 Å². The van der Waals surface area contributed by atoms with Crippen molar-refractivity contribution in [3.8, 4) is 5.88 Å². The Morgan fingerprint density at radius 1 is 1.35 bits per heavy atom. The Bertz CT molecular complexity index is 499. The number of aromatic nitrogens is 1. The molecule has 0 aliphatic rings. The Kier molecular flexibility index (Phi) is 7.98. The van der Waals surface area contributed by atoms with Crippen molar-refractivity contribution in [1.82, 2.24) is 4.98 Å². The number of methoxy groups -OCH3 is 1. The van der Waals surface area contributed by atoms with E-state index in [-0.39, 0.29) is 5.91 Å². The van der Waals surface area contributed by atoms with Gasteiger partial charge in [-0.15, -0.1) is 0 Å². The maximum absolute atomic E-state index is 12.5. The van der Waals surface area contributed by atoms with E-state index in [1.807, 2.05) is 33.8 Å². The van der Waals surface area contributed by atoms with E-state index < -0.39 is 5.60 Å². The van der Waals surface area contributed by atoms with Crippen LogP contribution in [0.4, 0.5) is 5.69 Å². The van der Waals surface area contributed by atoms with Gasteiger partial charge in [0.25, 0.3) is 5.91 Å². The number of amides is 1. The standard InChI is InChI=1S/C17H28N2O4/c1-6-8-17(4,23-7-2)16(20)19-14-11-13(3)15(18-12-14)22-10-9-21-5/h11-12H,6-10H2,1-5H3,(H,19,20)/t17-/m0/s1. The highest BCUT2D eigenvalue weighted by Crippen LogP contribution is 2.23. The zero-order chi connectivity index (χ0) is 17.3. The van der Waals surface area contributed by atoms with Gasteiger partial charge in [0.2, 0.25) is 5.88 Å². The maximum atomic E-state index is 12.5. The number of carbonyl (C=O) groups excluding carboxylic acids is 1. The molecule has 1 aromatic rings. The van der Waals surface area contributed by atoms with Gasteiger partial charge in [-0.1, -0.05) is 13.3 Å². The monoisotopic (exact) mass is 324 g/mol. The Hall–Kier alpha value is -1.66. The Morgan fingerprint density at radius 3 is 2.65 bits per heavy atom. The van der Waals surface area contributed by atoms with E-state index in [0.29, 0.717) is 37.8 Å². The van der Waals surface area contributed by atoms with Crippen molar-refractivity contribution < 1.29 is 19.0 Å². The fourth-order valence-corrected chi connectivity index (χ4v) is 2.31. The first kappa shape index (κ1) is 19.4. The second kappa shape index (κ2) is 9.47. The fraction of sp³-hybridized carbons (Fsp3) is 0.647. The largest absolute Gasteiger partial charge is 0.475 e. The van der Waals surface area contributed by atoms with Crippen molar-refractivity contribution in [1.29, 1.82) is 0 Å². The van der Waals surface area contributed by atoms with Crippen LogP contribution in [0.2, 0.25) is 0 Å². The average molecular weight is 324 g/mol. The lowest BCUT2D eigenvalue weighted by Gasteiger charge is -2.27. The molecule has 1 atom stereocenters. The van der Waals surface area contributed by atoms with Crippen LogP contribution in [0.5, 0.6) is 5.88 Å². The van der Waals surface area contributed by atoms with E-state index in [2.05, 4.69) is 10.3 Å². The molecule has 1 N–H and O–H groups in total. The molecule has 6 nitrogen and oxygen atoms in total. The second-order valence-electron chi connectivity index (χ2n) is 5.56. The number of rotatable bonds is 10. The number of nitrogens with zero attached hydrogens (tertiary/aromatic N) is 1. The summed E-state index contributed by atoms with van der Waals surface area (Å²) >= 11 is 0. The van der Waals surface area contributed by atoms with Gasteiger partial charge >= 0.3 is 0 Å². The van der Waals surface area contributed by atoms with Crippen molar-refractivity contribution in [2.45, 2.75) is 46.1 Å². The molecule has 0 fully saturated rings. The molecule has 6 heteroatoms. The molecule has 1 aromatic heterocycles. The molecule has 0 aliphatic carbocycles. The summed E-state index contributed by atoms with van der Waals surface area (Å²) in [5, 5.41) is 2.88. The minimum absolute atomic E-state index is 0.157. The molecule has 0 radical (unpaired) electrons. The van der Waals surface area contributed by atoms with E-state index in [1.165, 1.54) is 0 Å². The van der Waals surface area contributed by atoms with Crippen LogP contribution in [0.15, 0.2) is 12.3 Å². The summed E-state index contributed by atoms with van der Waals surface area (Å²) < 4.78 is 16.1. The lowest BCUT2D eigenvalue weighted by atomic mass is 9.99. The van der Waals surface area contributed by atoms with Gasteiger partial charge in [-0.05, 0) is 33.3 Å². The fourth-order valence-electron chi connectivity index (χ4n) is 2.31. The topological polar surface area (TPSA) is 69.7 Å². The lowest BCUT2D eigenvalue weighted by molar-refractivity contribution is -0.139. The molecule has 0 bridgehead atoms. The quantitative estimate of drug-likeness (QED) is 0.670. The normalized spacial score (nSPS) is 13.4. The molecule has 0 saturated heterocycles. The van der Waals surface area contributed by atoms with Crippen LogP contribution in [-0.2, 0) is 14.3 Å². The summed E-state index contributed by atoms with van der Waals surface area (Å²) in [5.41, 5.74) is 0.659. The highest BCUT2D eigenvalue weighted by Gasteiger charge is 2.33. The summed E-state index contributed by atoms with van der Waals surface area (Å²) in [6.45, 7) is 9.06. The van der Waals surface area contributed by atoms with Crippen LogP contribution in [0, 0.1) is 6.92 Å². The molecule has 0 saturated carbocycles. The number of aryl methyl sites for hydroxylation is 1. The predicted molar refractivity (Wildman–Crippen MR) is 89.9 cm³/mol. The summed E-state index contributed by atoms with van der Waals surface area (Å²) in [4.78, 5) is 16.8. The predicted octanol–water partition coefficient (Wildman–Crippen LogP) is 2.95. The van der Waals surface area contributed by atoms with Crippen molar-refractivity contribution in [2.24, 2.45) is 0 Å². The molecular formula is C17H28N2O4. The lowest BCUT2D eigenvalue weighted by Crippen LogP contribution is -2.42. The molecule has 0 spiro atoms. The highest BCUT2D eigenvalue weighted by molar-refractivity contribution is 5.97. The number of anilines is 1. The number of carbonyl (C=O) groups is 1. The Morgan fingerprint density at radius 2 is 2.09 bits per heavy atom. The third-order valence-corrected chi connectivity index (χ3v) is 3.48. The second-order valence-corrected chi connectivity index (χ2v) is 5.56. The highest BCUT2D eigenvalue weighted by atomic mass is 16.5. The molecular weight excluding hydrogens is 296 g/mol. The van der Waals surface area contributed by atoms with Crippen molar-refractivity contribution in [2.75, 3.05) is 32.2 Å². The summed E-state index contributed by atoms with van der Waals surface area (Å²) in [6, 6.07) is 1.84. The number of pyridine rings is 1. The van der Waals surface area contributed by atoms with E-state index >= 15 is 0 Å². The Labute approximate surface area is 138 Å². The van der Waals surface area contributed by atoms with Gasteiger partial charge in [0.15, 0.2) is 0 Å². The van der Waals surface area contributed by atoms with Crippen LogP contribution in [0.3, 0.4) is 0 Å². The van der Waals surface area contributed by atoms with E-state index in [1.54, 1.807) is 13.3 Å². The smallest absolute Gasteiger partial charge is 0.256 e. The number of nitrogens with one attached hydrogen (secondary N) is 1. The third kappa shape index (κ3) is 5.80. The Balaban J connectivity index is 2.76. The first-order valence-corrected chi connectivity index (χ1v) is 8.00. The van der Waals surface area contributed by atoms with Gasteiger partial charge < -0.3 is 19.5 Å². The van der Waals surface area contributed by atoms with Gasteiger partial charge in [-0.3, -0.25) is 4.79 Å². The average Bonchev–Trinajstić information content (AvgIpc) is 2.50. The van der Waals surface area contributed by atoms with Crippen molar-refractivity contribution in [3.63, 3.8) is 0 Å². The summed E-state index contributed by atoms with van der Waals surface area (Å²) in [6.07, 6.45) is 3.12. The molecule has 1 heterocycles. The van der Waals surface area contributed by atoms with Crippen LogP contribution < -0.4 is 10.1 Å². The summed E-state index contributed by atoms with van der Waals surface area (Å²) in [5.74, 6) is 0.386. The molecule has 1 rings (SSSR count). The van der Waals surface area contributed by atoms with Crippen molar-refractivity contribution in [3.05, 3.63) is 17.8 Å². The minimum Gasteiger partial charge on any atom is -0.475 e. The maximum Gasteiger partial charge on any atom is 0.256 e. The zero-order valence-corrected chi connectivity index (χ0v) is 14.8. The first-order chi connectivity index (χ1) is 11.0. The number of hydrogen-bond acceptors (Lipinski definition) is 5. The molecule has 130 valence electrons. The van der Waals surface area contributed by atoms with E-state index in [4.69, 9.17) is 14.2 Å². The zero-order valence-electron chi connectivity index (χ0n) is 14.8. The van der Waals surface area contributed by atoms with Crippen LogP contribution in [0.25, 0.3) is 0 Å². The molecule has 0 unspecified atom stereocenters. The van der Waals surface area contributed by atoms with Gasteiger partial charge in [0.1, 0.15) is 12.2 Å². The minimum atomic E-state index is -0.828. The van der Waals surface area contributed by atoms with Gasteiger partial charge in [-0.25, -0.2) is 4.98 Å².